The van der Waals surface area contributed by atoms with E-state index in [-0.39, 0.29) is 17.7 Å². The fraction of sp³-hybridized carbons (Fsp3) is 0.267. The molecule has 3 heteroatoms. The second kappa shape index (κ2) is 4.52. The fourth-order valence-electron chi connectivity index (χ4n) is 2.48. The van der Waals surface area contributed by atoms with Crippen molar-refractivity contribution in [2.24, 2.45) is 11.7 Å². The zero-order valence-electron chi connectivity index (χ0n) is 10.0. The van der Waals surface area contributed by atoms with Gasteiger partial charge in [-0.15, -0.1) is 0 Å². The van der Waals surface area contributed by atoms with Gasteiger partial charge >= 0.3 is 0 Å². The smallest absolute Gasteiger partial charge is 0.170 e. The Morgan fingerprint density at radius 1 is 1.11 bits per heavy atom. The van der Waals surface area contributed by atoms with Crippen molar-refractivity contribution < 1.29 is 9.53 Å². The molecule has 1 fully saturated rings. The molecule has 3 nitrogen and oxygen atoms in total. The van der Waals surface area contributed by atoms with E-state index in [1.165, 1.54) is 0 Å². The zero-order chi connectivity index (χ0) is 12.5. The van der Waals surface area contributed by atoms with Crippen molar-refractivity contribution in [2.75, 3.05) is 13.2 Å². The van der Waals surface area contributed by atoms with Gasteiger partial charge in [-0.25, -0.2) is 0 Å². The quantitative estimate of drug-likeness (QED) is 0.818. The predicted octanol–water partition coefficient (Wildman–Crippen LogP) is 2.00. The van der Waals surface area contributed by atoms with E-state index in [1.807, 2.05) is 42.5 Å². The van der Waals surface area contributed by atoms with Crippen LogP contribution < -0.4 is 5.73 Å². The van der Waals surface area contributed by atoms with E-state index in [9.17, 15) is 4.79 Å². The summed E-state index contributed by atoms with van der Waals surface area (Å²) in [4.78, 5) is 12.5. The molecule has 1 heterocycles. The second-order valence-corrected chi connectivity index (χ2v) is 4.70. The van der Waals surface area contributed by atoms with Crippen LogP contribution in [-0.2, 0) is 4.74 Å². The van der Waals surface area contributed by atoms with E-state index < -0.39 is 0 Å². The number of carbonyl (C=O) groups is 1. The molecule has 92 valence electrons. The van der Waals surface area contributed by atoms with Gasteiger partial charge < -0.3 is 10.5 Å². The number of hydrogen-bond acceptors (Lipinski definition) is 3. The number of hydrogen-bond donors (Lipinski definition) is 1. The van der Waals surface area contributed by atoms with Gasteiger partial charge in [0, 0.05) is 11.6 Å². The third-order valence-electron chi connectivity index (χ3n) is 3.52. The molecule has 1 aliphatic rings. The van der Waals surface area contributed by atoms with Gasteiger partial charge in [-0.1, -0.05) is 42.5 Å². The van der Waals surface area contributed by atoms with E-state index in [2.05, 4.69) is 0 Å². The minimum absolute atomic E-state index is 0.0943. The molecule has 2 N–H and O–H groups in total. The molecule has 0 aliphatic carbocycles. The minimum atomic E-state index is -0.212. The summed E-state index contributed by atoms with van der Waals surface area (Å²) >= 11 is 0. The van der Waals surface area contributed by atoms with Gasteiger partial charge in [0.05, 0.1) is 19.1 Å². The van der Waals surface area contributed by atoms with E-state index in [0.717, 1.165) is 16.3 Å². The molecule has 1 aliphatic heterocycles. The Morgan fingerprint density at radius 2 is 1.89 bits per heavy atom. The summed E-state index contributed by atoms with van der Waals surface area (Å²) in [5.74, 6) is -0.118. The van der Waals surface area contributed by atoms with Crippen LogP contribution >= 0.6 is 0 Å². The van der Waals surface area contributed by atoms with Gasteiger partial charge in [-0.05, 0) is 10.8 Å². The molecule has 18 heavy (non-hydrogen) atoms. The van der Waals surface area contributed by atoms with Crippen molar-refractivity contribution in [1.82, 2.24) is 0 Å². The summed E-state index contributed by atoms with van der Waals surface area (Å²) in [6, 6.07) is 13.5. The van der Waals surface area contributed by atoms with Gasteiger partial charge in [-0.2, -0.15) is 0 Å². The van der Waals surface area contributed by atoms with Crippen LogP contribution in [0, 0.1) is 5.92 Å². The van der Waals surface area contributed by atoms with Crippen LogP contribution in [0.1, 0.15) is 10.4 Å². The van der Waals surface area contributed by atoms with Gasteiger partial charge in [0.1, 0.15) is 0 Å². The lowest BCUT2D eigenvalue weighted by atomic mass is 9.91. The van der Waals surface area contributed by atoms with Crippen LogP contribution in [0.15, 0.2) is 42.5 Å². The maximum atomic E-state index is 12.5. The molecule has 0 aromatic heterocycles. The lowest BCUT2D eigenvalue weighted by Gasteiger charge is -2.13. The SMILES string of the molecule is NC1COCC1C(=O)c1cccc2ccccc12. The Labute approximate surface area is 106 Å². The van der Waals surface area contributed by atoms with Crippen LogP contribution in [0.2, 0.25) is 0 Å². The maximum Gasteiger partial charge on any atom is 0.170 e. The molecule has 0 amide bonds. The Bertz CT molecular complexity index is 589. The first kappa shape index (κ1) is 11.4. The lowest BCUT2D eigenvalue weighted by molar-refractivity contribution is 0.0897. The summed E-state index contributed by atoms with van der Waals surface area (Å²) in [6.07, 6.45) is 0. The molecular formula is C15H15NO2. The van der Waals surface area contributed by atoms with E-state index in [1.54, 1.807) is 0 Å². The zero-order valence-corrected chi connectivity index (χ0v) is 10.0. The number of carbonyl (C=O) groups excluding carboxylic acids is 1. The lowest BCUT2D eigenvalue weighted by Crippen LogP contribution is -2.34. The molecular weight excluding hydrogens is 226 g/mol. The van der Waals surface area contributed by atoms with Crippen molar-refractivity contribution in [2.45, 2.75) is 6.04 Å². The Balaban J connectivity index is 2.06. The number of ketones is 1. The van der Waals surface area contributed by atoms with Gasteiger partial charge in [0.15, 0.2) is 5.78 Å². The van der Waals surface area contributed by atoms with Crippen molar-refractivity contribution in [1.29, 1.82) is 0 Å². The van der Waals surface area contributed by atoms with Gasteiger partial charge in [0.25, 0.3) is 0 Å². The summed E-state index contributed by atoms with van der Waals surface area (Å²) in [7, 11) is 0. The van der Waals surface area contributed by atoms with Crippen molar-refractivity contribution in [3.8, 4) is 0 Å². The second-order valence-electron chi connectivity index (χ2n) is 4.70. The molecule has 0 radical (unpaired) electrons. The average Bonchev–Trinajstić information content (AvgIpc) is 2.83. The van der Waals surface area contributed by atoms with Crippen LogP contribution in [-0.4, -0.2) is 25.0 Å². The third kappa shape index (κ3) is 1.82. The molecule has 3 rings (SSSR count). The molecule has 1 saturated heterocycles. The largest absolute Gasteiger partial charge is 0.379 e. The first-order chi connectivity index (χ1) is 8.77. The number of fused-ring (bicyclic) bond motifs is 1. The monoisotopic (exact) mass is 241 g/mol. The van der Waals surface area contributed by atoms with E-state index in [0.29, 0.717) is 13.2 Å². The van der Waals surface area contributed by atoms with Crippen LogP contribution in [0.5, 0.6) is 0 Å². The first-order valence-corrected chi connectivity index (χ1v) is 6.12. The number of rotatable bonds is 2. The highest BCUT2D eigenvalue weighted by molar-refractivity contribution is 6.09. The fourth-order valence-corrected chi connectivity index (χ4v) is 2.48. The van der Waals surface area contributed by atoms with Crippen molar-refractivity contribution in [3.05, 3.63) is 48.0 Å². The molecule has 0 bridgehead atoms. The molecule has 0 saturated carbocycles. The minimum Gasteiger partial charge on any atom is -0.379 e. The van der Waals surface area contributed by atoms with Crippen LogP contribution in [0.4, 0.5) is 0 Å². The molecule has 2 aromatic rings. The van der Waals surface area contributed by atoms with E-state index >= 15 is 0 Å². The molecule has 2 aromatic carbocycles. The highest BCUT2D eigenvalue weighted by Crippen LogP contribution is 2.24. The molecule has 2 unspecified atom stereocenters. The topological polar surface area (TPSA) is 52.3 Å². The van der Waals surface area contributed by atoms with Gasteiger partial charge in [-0.3, -0.25) is 4.79 Å². The first-order valence-electron chi connectivity index (χ1n) is 6.12. The highest BCUT2D eigenvalue weighted by Gasteiger charge is 2.32. The Morgan fingerprint density at radius 3 is 2.67 bits per heavy atom. The third-order valence-corrected chi connectivity index (χ3v) is 3.52. The summed E-state index contributed by atoms with van der Waals surface area (Å²) in [5, 5.41) is 2.07. The summed E-state index contributed by atoms with van der Waals surface area (Å²) in [5.41, 5.74) is 6.66. The summed E-state index contributed by atoms with van der Waals surface area (Å²) in [6.45, 7) is 0.907. The standard InChI is InChI=1S/C15H15NO2/c16-14-9-18-8-13(14)15(17)12-7-3-5-10-4-1-2-6-11(10)12/h1-7,13-14H,8-9,16H2. The Kier molecular flexibility index (Phi) is 2.86. The van der Waals surface area contributed by atoms with Crippen LogP contribution in [0.25, 0.3) is 10.8 Å². The van der Waals surface area contributed by atoms with Crippen molar-refractivity contribution in [3.63, 3.8) is 0 Å². The normalized spacial score (nSPS) is 23.4. The number of nitrogens with two attached hydrogens (primary N) is 1. The number of benzene rings is 2. The maximum absolute atomic E-state index is 12.5. The van der Waals surface area contributed by atoms with E-state index in [4.69, 9.17) is 10.5 Å². The van der Waals surface area contributed by atoms with Gasteiger partial charge in [0.2, 0.25) is 0 Å². The predicted molar refractivity (Wildman–Crippen MR) is 70.6 cm³/mol. The van der Waals surface area contributed by atoms with Crippen molar-refractivity contribution >= 4 is 16.6 Å². The number of ether oxygens (including phenoxy) is 1. The highest BCUT2D eigenvalue weighted by atomic mass is 16.5. The number of Topliss-reactive ketones (excluding diaryl/α,β-unsaturated/α-hetero) is 1. The molecule has 0 spiro atoms. The Hall–Kier alpha value is -1.71. The molecule has 2 atom stereocenters. The average molecular weight is 241 g/mol. The summed E-state index contributed by atoms with van der Waals surface area (Å²) < 4.78 is 5.28. The van der Waals surface area contributed by atoms with Crippen LogP contribution in [0.3, 0.4) is 0 Å².